The number of aryl methyl sites for hydroxylation is 1. The predicted molar refractivity (Wildman–Crippen MR) is 67.6 cm³/mol. The monoisotopic (exact) mass is 234 g/mol. The molecular formula is C12H14N2OS. The lowest BCUT2D eigenvalue weighted by Gasteiger charge is -2.20. The molecule has 1 heterocycles. The van der Waals surface area contributed by atoms with Crippen LogP contribution in [-0.2, 0) is 4.79 Å². The number of hydrogen-bond donors (Lipinski definition) is 1. The zero-order valence-corrected chi connectivity index (χ0v) is 10.2. The van der Waals surface area contributed by atoms with Crippen molar-refractivity contribution in [2.24, 2.45) is 4.99 Å². The van der Waals surface area contributed by atoms with E-state index >= 15 is 0 Å². The highest BCUT2D eigenvalue weighted by Gasteiger charge is 2.21. The first-order valence-corrected chi connectivity index (χ1v) is 6.39. The van der Waals surface area contributed by atoms with E-state index in [4.69, 9.17) is 0 Å². The zero-order chi connectivity index (χ0) is 11.5. The predicted octanol–water partition coefficient (Wildman–Crippen LogP) is 2.28. The first-order chi connectivity index (χ1) is 7.69. The Balaban J connectivity index is 2.26. The van der Waals surface area contributed by atoms with Gasteiger partial charge in [0.2, 0.25) is 5.91 Å². The molecule has 0 aromatic heterocycles. The number of aliphatic imine (C=N–C) groups is 1. The first kappa shape index (κ1) is 11.2. The van der Waals surface area contributed by atoms with E-state index in [1.807, 2.05) is 25.3 Å². The van der Waals surface area contributed by atoms with Crippen molar-refractivity contribution in [3.63, 3.8) is 0 Å². The molecule has 84 valence electrons. The fraction of sp³-hybridized carbons (Fsp3) is 0.333. The number of thioether (sulfide) groups is 1. The highest BCUT2D eigenvalue weighted by Crippen LogP contribution is 2.25. The molecule has 1 aliphatic heterocycles. The lowest BCUT2D eigenvalue weighted by Crippen LogP contribution is -2.33. The second-order valence-electron chi connectivity index (χ2n) is 3.82. The van der Waals surface area contributed by atoms with Crippen LogP contribution in [0.4, 0.5) is 0 Å². The molecule has 4 heteroatoms. The molecule has 1 N–H and O–H groups in total. The quantitative estimate of drug-likeness (QED) is 0.810. The van der Waals surface area contributed by atoms with Crippen LogP contribution in [0.3, 0.4) is 0 Å². The minimum atomic E-state index is -0.0307. The fourth-order valence-electron chi connectivity index (χ4n) is 1.65. The van der Waals surface area contributed by atoms with Crippen LogP contribution >= 0.6 is 11.8 Å². The standard InChI is InChI=1S/C12H14N2OS/c1-8-3-5-9(6-4-8)10-7-11(15)14-12(13-10)16-2/h3-6,10H,7H2,1-2H3,(H,13,14,15). The molecule has 0 fully saturated rings. The van der Waals surface area contributed by atoms with Crippen LogP contribution in [0.1, 0.15) is 23.6 Å². The number of nitrogens with zero attached hydrogens (tertiary/aromatic N) is 1. The Bertz CT molecular complexity index is 425. The summed E-state index contributed by atoms with van der Waals surface area (Å²) in [5.74, 6) is 0.0462. The maximum Gasteiger partial charge on any atom is 0.228 e. The Kier molecular flexibility index (Phi) is 3.29. The van der Waals surface area contributed by atoms with Crippen molar-refractivity contribution in [2.45, 2.75) is 19.4 Å². The van der Waals surface area contributed by atoms with Gasteiger partial charge in [0.15, 0.2) is 5.17 Å². The molecule has 0 bridgehead atoms. The van der Waals surface area contributed by atoms with Crippen LogP contribution in [-0.4, -0.2) is 17.3 Å². The SMILES string of the molecule is CSC1=NC(c2ccc(C)cc2)CC(=O)N1. The Morgan fingerprint density at radius 3 is 2.69 bits per heavy atom. The van der Waals surface area contributed by atoms with E-state index in [0.717, 1.165) is 5.56 Å². The second-order valence-corrected chi connectivity index (χ2v) is 4.61. The topological polar surface area (TPSA) is 41.5 Å². The van der Waals surface area contributed by atoms with Gasteiger partial charge < -0.3 is 5.32 Å². The summed E-state index contributed by atoms with van der Waals surface area (Å²) in [5, 5.41) is 3.46. The highest BCUT2D eigenvalue weighted by atomic mass is 32.2. The van der Waals surface area contributed by atoms with Gasteiger partial charge in [-0.05, 0) is 18.7 Å². The average Bonchev–Trinajstić information content (AvgIpc) is 2.29. The minimum Gasteiger partial charge on any atom is -0.305 e. The third-order valence-corrected chi connectivity index (χ3v) is 3.15. The Hall–Kier alpha value is -1.29. The van der Waals surface area contributed by atoms with Gasteiger partial charge >= 0.3 is 0 Å². The number of nitrogens with one attached hydrogen (secondary N) is 1. The lowest BCUT2D eigenvalue weighted by molar-refractivity contribution is -0.120. The molecule has 1 amide bonds. The maximum absolute atomic E-state index is 11.5. The molecule has 0 saturated carbocycles. The molecule has 3 nitrogen and oxygen atoms in total. The smallest absolute Gasteiger partial charge is 0.228 e. The zero-order valence-electron chi connectivity index (χ0n) is 9.36. The van der Waals surface area contributed by atoms with E-state index in [1.54, 1.807) is 0 Å². The Morgan fingerprint density at radius 2 is 2.06 bits per heavy atom. The number of hydrogen-bond acceptors (Lipinski definition) is 3. The summed E-state index contributed by atoms with van der Waals surface area (Å²) in [7, 11) is 0. The van der Waals surface area contributed by atoms with Crippen molar-refractivity contribution >= 4 is 22.8 Å². The van der Waals surface area contributed by atoms with E-state index in [2.05, 4.69) is 22.4 Å². The summed E-state index contributed by atoms with van der Waals surface area (Å²) in [6, 6.07) is 8.16. The number of carbonyl (C=O) groups excluding carboxylic acids is 1. The molecule has 2 rings (SSSR count). The van der Waals surface area contributed by atoms with E-state index in [9.17, 15) is 4.79 Å². The van der Waals surface area contributed by atoms with Gasteiger partial charge in [0.25, 0.3) is 0 Å². The molecule has 1 aromatic rings. The highest BCUT2D eigenvalue weighted by molar-refractivity contribution is 8.13. The average molecular weight is 234 g/mol. The van der Waals surface area contributed by atoms with Crippen molar-refractivity contribution in [1.29, 1.82) is 0 Å². The van der Waals surface area contributed by atoms with Gasteiger partial charge in [-0.1, -0.05) is 41.6 Å². The summed E-state index contributed by atoms with van der Waals surface area (Å²) in [5.41, 5.74) is 2.32. The summed E-state index contributed by atoms with van der Waals surface area (Å²) in [4.78, 5) is 16.0. The van der Waals surface area contributed by atoms with Crippen molar-refractivity contribution in [3.05, 3.63) is 35.4 Å². The molecule has 1 aromatic carbocycles. The third kappa shape index (κ3) is 2.44. The third-order valence-electron chi connectivity index (χ3n) is 2.55. The van der Waals surface area contributed by atoms with E-state index in [1.165, 1.54) is 17.3 Å². The number of amidine groups is 1. The van der Waals surface area contributed by atoms with Gasteiger partial charge in [-0.25, -0.2) is 0 Å². The molecule has 0 aliphatic carbocycles. The Morgan fingerprint density at radius 1 is 1.38 bits per heavy atom. The Labute approximate surface area is 99.3 Å². The fourth-order valence-corrected chi connectivity index (χ4v) is 2.10. The second kappa shape index (κ2) is 4.70. The van der Waals surface area contributed by atoms with Gasteiger partial charge in [-0.2, -0.15) is 0 Å². The summed E-state index contributed by atoms with van der Waals surface area (Å²) < 4.78 is 0. The number of carbonyl (C=O) groups is 1. The van der Waals surface area contributed by atoms with Crippen molar-refractivity contribution in [3.8, 4) is 0 Å². The van der Waals surface area contributed by atoms with Gasteiger partial charge in [0.05, 0.1) is 12.5 Å². The molecule has 0 spiro atoms. The number of benzene rings is 1. The molecule has 1 unspecified atom stereocenters. The van der Waals surface area contributed by atoms with Crippen LogP contribution in [0, 0.1) is 6.92 Å². The van der Waals surface area contributed by atoms with E-state index < -0.39 is 0 Å². The van der Waals surface area contributed by atoms with E-state index in [-0.39, 0.29) is 11.9 Å². The van der Waals surface area contributed by atoms with Crippen molar-refractivity contribution in [2.75, 3.05) is 6.26 Å². The van der Waals surface area contributed by atoms with E-state index in [0.29, 0.717) is 11.6 Å². The van der Waals surface area contributed by atoms with Crippen LogP contribution in [0.2, 0.25) is 0 Å². The normalized spacial score (nSPS) is 20.2. The van der Waals surface area contributed by atoms with Crippen LogP contribution in [0.25, 0.3) is 0 Å². The minimum absolute atomic E-state index is 0.0307. The lowest BCUT2D eigenvalue weighted by atomic mass is 10.0. The van der Waals surface area contributed by atoms with Gasteiger partial charge in [0, 0.05) is 0 Å². The molecule has 0 radical (unpaired) electrons. The number of rotatable bonds is 1. The van der Waals surface area contributed by atoms with Gasteiger partial charge in [-0.15, -0.1) is 0 Å². The molecule has 1 atom stereocenters. The molecule has 1 aliphatic rings. The maximum atomic E-state index is 11.5. The summed E-state index contributed by atoms with van der Waals surface area (Å²) in [6.07, 6.45) is 2.35. The molecular weight excluding hydrogens is 220 g/mol. The van der Waals surface area contributed by atoms with Crippen LogP contribution in [0.15, 0.2) is 29.3 Å². The van der Waals surface area contributed by atoms with Gasteiger partial charge in [0.1, 0.15) is 0 Å². The van der Waals surface area contributed by atoms with Crippen molar-refractivity contribution < 1.29 is 4.79 Å². The number of amides is 1. The van der Waals surface area contributed by atoms with Crippen LogP contribution in [0.5, 0.6) is 0 Å². The largest absolute Gasteiger partial charge is 0.305 e. The van der Waals surface area contributed by atoms with Crippen molar-refractivity contribution in [1.82, 2.24) is 5.32 Å². The molecule has 0 saturated heterocycles. The van der Waals surface area contributed by atoms with Gasteiger partial charge in [-0.3, -0.25) is 9.79 Å². The summed E-state index contributed by atoms with van der Waals surface area (Å²) in [6.45, 7) is 2.05. The molecule has 16 heavy (non-hydrogen) atoms. The summed E-state index contributed by atoms with van der Waals surface area (Å²) >= 11 is 1.47. The first-order valence-electron chi connectivity index (χ1n) is 5.17. The van der Waals surface area contributed by atoms with Crippen LogP contribution < -0.4 is 5.32 Å².